The molecule has 2 radical (unpaired) electrons. The molecule has 1 atom stereocenters. The fourth-order valence-electron chi connectivity index (χ4n) is 1.08. The molecule has 12 heavy (non-hydrogen) atoms. The summed E-state index contributed by atoms with van der Waals surface area (Å²) in [6, 6.07) is 7.53. The number of hydrogen-bond donors (Lipinski definition) is 1. The topological polar surface area (TPSA) is 37.3 Å². The van der Waals surface area contributed by atoms with Gasteiger partial charge in [0.15, 0.2) is 0 Å². The van der Waals surface area contributed by atoms with Gasteiger partial charge in [-0.05, 0) is 12.4 Å². The quantitative estimate of drug-likeness (QED) is 0.425. The Morgan fingerprint density at radius 3 is 2.50 bits per heavy atom. The Morgan fingerprint density at radius 1 is 1.58 bits per heavy atom. The van der Waals surface area contributed by atoms with Crippen LogP contribution in [0.3, 0.4) is 0 Å². The minimum atomic E-state index is -1.90. The number of carboxylic acids is 1. The summed E-state index contributed by atoms with van der Waals surface area (Å²) in [6.45, 7) is 1.83. The van der Waals surface area contributed by atoms with Gasteiger partial charge in [-0.15, -0.1) is 12.1 Å². The molecular formula is C8H10BO2P. The largest absolute Gasteiger partial charge is 0.479 e. The summed E-state index contributed by atoms with van der Waals surface area (Å²) >= 11 is 0. The van der Waals surface area contributed by atoms with Crippen molar-refractivity contribution in [3.8, 4) is 0 Å². The van der Waals surface area contributed by atoms with Crippen molar-refractivity contribution in [3.63, 3.8) is 0 Å². The van der Waals surface area contributed by atoms with Gasteiger partial charge < -0.3 is 5.11 Å². The molecule has 0 amide bonds. The fourth-order valence-corrected chi connectivity index (χ4v) is 2.67. The van der Waals surface area contributed by atoms with Crippen LogP contribution in [0, 0.1) is 0 Å². The third-order valence-corrected chi connectivity index (χ3v) is 4.10. The predicted molar refractivity (Wildman–Crippen MR) is 52.8 cm³/mol. The lowest BCUT2D eigenvalue weighted by Gasteiger charge is -2.18. The standard InChI is InChI=1S/C8H10BO2P/c1-12(9,6-8(10)11)7-4-2-3-5-7/h2-5H,6H2,1H3,(H,10,11). The smallest absolute Gasteiger partial charge is 0.358 e. The maximum atomic E-state index is 10.5. The molecule has 0 saturated heterocycles. The number of hydrogen-bond acceptors (Lipinski definition) is 1. The van der Waals surface area contributed by atoms with Crippen LogP contribution in [0.15, 0.2) is 24.3 Å². The van der Waals surface area contributed by atoms with Crippen molar-refractivity contribution in [2.24, 2.45) is 0 Å². The summed E-state index contributed by atoms with van der Waals surface area (Å²) in [5.74, 6) is -0.825. The van der Waals surface area contributed by atoms with Crippen LogP contribution in [-0.2, 0) is 4.79 Å². The van der Waals surface area contributed by atoms with Gasteiger partial charge in [-0.25, -0.2) is 16.9 Å². The fraction of sp³-hybridized carbons (Fsp3) is 0.250. The molecule has 1 N–H and O–H groups in total. The highest BCUT2D eigenvalue weighted by atomic mass is 31.2. The lowest BCUT2D eigenvalue weighted by Crippen LogP contribution is -2.16. The first-order valence-corrected chi connectivity index (χ1v) is 6.09. The molecule has 0 heterocycles. The summed E-state index contributed by atoms with van der Waals surface area (Å²) in [5.41, 5.74) is 0. The second-order valence-corrected chi connectivity index (χ2v) is 6.33. The zero-order valence-electron chi connectivity index (χ0n) is 6.90. The highest BCUT2D eigenvalue weighted by Crippen LogP contribution is 2.47. The monoisotopic (exact) mass is 180 g/mol. The molecular weight excluding hydrogens is 170 g/mol. The van der Waals surface area contributed by atoms with Crippen LogP contribution in [0.25, 0.3) is 0 Å². The first-order chi connectivity index (χ1) is 5.52. The number of rotatable bonds is 3. The van der Waals surface area contributed by atoms with Gasteiger partial charge in [0.1, 0.15) is 6.16 Å². The molecule has 1 aromatic rings. The number of carboxylic acid groups (broad SMARTS) is 1. The SMILES string of the molecule is [B][P+](C)(CC(=O)O)[c-]1cccc1. The molecule has 0 aliphatic rings. The van der Waals surface area contributed by atoms with Crippen molar-refractivity contribution in [1.29, 1.82) is 0 Å². The summed E-state index contributed by atoms with van der Waals surface area (Å²) in [4.78, 5) is 10.5. The molecule has 1 unspecified atom stereocenters. The number of carbonyl (C=O) groups is 1. The van der Waals surface area contributed by atoms with Gasteiger partial charge in [0.25, 0.3) is 0 Å². The van der Waals surface area contributed by atoms with E-state index >= 15 is 0 Å². The lowest BCUT2D eigenvalue weighted by atomic mass is 10.7. The third-order valence-electron chi connectivity index (χ3n) is 1.70. The Bertz CT molecular complexity index is 267. The molecule has 1 rings (SSSR count). The van der Waals surface area contributed by atoms with Crippen molar-refractivity contribution in [3.05, 3.63) is 24.3 Å². The molecule has 62 valence electrons. The van der Waals surface area contributed by atoms with Crippen LogP contribution in [-0.4, -0.2) is 31.5 Å². The van der Waals surface area contributed by atoms with Gasteiger partial charge in [0, 0.05) is 6.66 Å². The molecule has 1 aromatic carbocycles. The summed E-state index contributed by atoms with van der Waals surface area (Å²) < 4.78 is 0. The zero-order valence-corrected chi connectivity index (χ0v) is 7.79. The third kappa shape index (κ3) is 2.15. The van der Waals surface area contributed by atoms with Gasteiger partial charge >= 0.3 is 13.5 Å². The van der Waals surface area contributed by atoms with Gasteiger partial charge in [-0.2, -0.15) is 0 Å². The maximum absolute atomic E-state index is 10.5. The van der Waals surface area contributed by atoms with Crippen LogP contribution in [0.4, 0.5) is 0 Å². The summed E-state index contributed by atoms with van der Waals surface area (Å²) in [6.07, 6.45) is 0.0665. The van der Waals surface area contributed by atoms with Gasteiger partial charge in [0.05, 0.1) is 0 Å². The summed E-state index contributed by atoms with van der Waals surface area (Å²) in [7, 11) is 4.01. The highest BCUT2D eigenvalue weighted by molar-refractivity contribution is 8.03. The van der Waals surface area contributed by atoms with E-state index in [0.29, 0.717) is 0 Å². The van der Waals surface area contributed by atoms with Crippen molar-refractivity contribution in [1.82, 2.24) is 0 Å². The van der Waals surface area contributed by atoms with Gasteiger partial charge in [-0.1, -0.05) is 0 Å². The maximum Gasteiger partial charge on any atom is 0.358 e. The highest BCUT2D eigenvalue weighted by Gasteiger charge is 2.27. The second-order valence-electron chi connectivity index (χ2n) is 2.96. The molecule has 0 bridgehead atoms. The Balaban J connectivity index is 2.79. The van der Waals surface area contributed by atoms with E-state index in [0.717, 1.165) is 5.30 Å². The van der Waals surface area contributed by atoms with E-state index in [1.807, 2.05) is 30.9 Å². The Morgan fingerprint density at radius 2 is 2.08 bits per heavy atom. The van der Waals surface area contributed by atoms with Gasteiger partial charge in [-0.3, -0.25) is 0 Å². The molecule has 0 aliphatic carbocycles. The molecule has 0 aromatic heterocycles. The minimum Gasteiger partial charge on any atom is -0.479 e. The Hall–Kier alpha value is -0.685. The van der Waals surface area contributed by atoms with E-state index in [1.165, 1.54) is 0 Å². The second kappa shape index (κ2) is 3.36. The average Bonchev–Trinajstić information content (AvgIpc) is 2.32. The van der Waals surface area contributed by atoms with Crippen molar-refractivity contribution in [2.45, 2.75) is 0 Å². The summed E-state index contributed by atoms with van der Waals surface area (Å²) in [5, 5.41) is 9.57. The molecule has 0 aliphatic heterocycles. The van der Waals surface area contributed by atoms with E-state index in [-0.39, 0.29) is 6.16 Å². The number of aliphatic carboxylic acids is 1. The van der Waals surface area contributed by atoms with E-state index in [2.05, 4.69) is 0 Å². The van der Waals surface area contributed by atoms with Crippen molar-refractivity contribution < 1.29 is 9.90 Å². The van der Waals surface area contributed by atoms with Crippen LogP contribution >= 0.6 is 7.14 Å². The van der Waals surface area contributed by atoms with Crippen LogP contribution in [0.5, 0.6) is 0 Å². The predicted octanol–water partition coefficient (Wildman–Crippen LogP) is 0.846. The Labute approximate surface area is 73.7 Å². The minimum absolute atomic E-state index is 0.0665. The Kier molecular flexibility index (Phi) is 2.63. The van der Waals surface area contributed by atoms with E-state index < -0.39 is 13.1 Å². The van der Waals surface area contributed by atoms with Crippen LogP contribution in [0.2, 0.25) is 0 Å². The lowest BCUT2D eigenvalue weighted by molar-refractivity contribution is -0.134. The zero-order chi connectivity index (χ0) is 9.19. The average molecular weight is 180 g/mol. The van der Waals surface area contributed by atoms with Crippen LogP contribution < -0.4 is 5.30 Å². The van der Waals surface area contributed by atoms with Crippen LogP contribution in [0.1, 0.15) is 0 Å². The molecule has 4 heteroatoms. The molecule has 0 spiro atoms. The van der Waals surface area contributed by atoms with Crippen molar-refractivity contribution in [2.75, 3.05) is 12.8 Å². The molecule has 0 saturated carbocycles. The first kappa shape index (κ1) is 9.40. The van der Waals surface area contributed by atoms with Gasteiger partial charge in [0.2, 0.25) is 0 Å². The molecule has 0 fully saturated rings. The van der Waals surface area contributed by atoms with E-state index in [4.69, 9.17) is 12.7 Å². The molecule has 2 nitrogen and oxygen atoms in total. The normalized spacial score (nSPS) is 15.4. The van der Waals surface area contributed by atoms with Crippen molar-refractivity contribution >= 4 is 26.0 Å². The first-order valence-electron chi connectivity index (χ1n) is 3.60. The van der Waals surface area contributed by atoms with E-state index in [1.54, 1.807) is 0 Å². The van der Waals surface area contributed by atoms with E-state index in [9.17, 15) is 4.79 Å².